The second kappa shape index (κ2) is 5.53. The van der Waals surface area contributed by atoms with Gasteiger partial charge in [0.1, 0.15) is 0 Å². The van der Waals surface area contributed by atoms with Crippen LogP contribution in [-0.2, 0) is 5.41 Å². The molecule has 1 atom stereocenters. The number of nitrogens with one attached hydrogen (secondary N) is 1. The Hall–Kier alpha value is -1.03. The fraction of sp³-hybridized carbons (Fsp3) is 0.600. The molecular weight excluding hydrogens is 251 g/mol. The van der Waals surface area contributed by atoms with Crippen LogP contribution in [0.1, 0.15) is 37.7 Å². The van der Waals surface area contributed by atoms with Crippen molar-refractivity contribution in [1.29, 1.82) is 0 Å². The predicted molar refractivity (Wildman–Crippen MR) is 70.1 cm³/mol. The molecule has 1 saturated carbocycles. The SMILES string of the molecule is CNC(CCC(F)(F)F)C1(c2ccccc2)CCC1. The number of benzene rings is 1. The van der Waals surface area contributed by atoms with E-state index in [1.807, 2.05) is 30.3 Å². The third kappa shape index (κ3) is 3.11. The minimum atomic E-state index is -4.07. The fourth-order valence-corrected chi connectivity index (χ4v) is 3.17. The highest BCUT2D eigenvalue weighted by molar-refractivity contribution is 5.30. The van der Waals surface area contributed by atoms with E-state index in [2.05, 4.69) is 5.32 Å². The summed E-state index contributed by atoms with van der Waals surface area (Å²) in [5.74, 6) is 0. The van der Waals surface area contributed by atoms with Crippen molar-refractivity contribution in [1.82, 2.24) is 5.32 Å². The lowest BCUT2D eigenvalue weighted by atomic mass is 9.59. The molecule has 0 saturated heterocycles. The Bertz CT molecular complexity index is 396. The minimum Gasteiger partial charge on any atom is -0.316 e. The van der Waals surface area contributed by atoms with Crippen LogP contribution >= 0.6 is 0 Å². The molecule has 1 N–H and O–H groups in total. The molecule has 106 valence electrons. The van der Waals surface area contributed by atoms with Crippen molar-refractivity contribution in [2.45, 2.75) is 49.7 Å². The zero-order valence-electron chi connectivity index (χ0n) is 11.1. The molecule has 0 spiro atoms. The molecule has 1 aliphatic carbocycles. The molecule has 0 amide bonds. The Morgan fingerprint density at radius 1 is 1.21 bits per heavy atom. The Labute approximate surface area is 112 Å². The molecule has 0 bridgehead atoms. The molecule has 4 heteroatoms. The number of likely N-dealkylation sites (N-methyl/N-ethyl adjacent to an activating group) is 1. The quantitative estimate of drug-likeness (QED) is 0.852. The first-order valence-corrected chi connectivity index (χ1v) is 6.77. The first-order chi connectivity index (χ1) is 8.98. The summed E-state index contributed by atoms with van der Waals surface area (Å²) in [6.07, 6.45) is -1.60. The lowest BCUT2D eigenvalue weighted by Crippen LogP contribution is -2.52. The fourth-order valence-electron chi connectivity index (χ4n) is 3.17. The van der Waals surface area contributed by atoms with Gasteiger partial charge in [-0.3, -0.25) is 0 Å². The summed E-state index contributed by atoms with van der Waals surface area (Å²) in [5, 5.41) is 3.12. The van der Waals surface area contributed by atoms with Gasteiger partial charge in [-0.1, -0.05) is 36.8 Å². The highest BCUT2D eigenvalue weighted by atomic mass is 19.4. The summed E-state index contributed by atoms with van der Waals surface area (Å²) < 4.78 is 37.3. The largest absolute Gasteiger partial charge is 0.389 e. The van der Waals surface area contributed by atoms with E-state index in [0.717, 1.165) is 19.3 Å². The van der Waals surface area contributed by atoms with Crippen molar-refractivity contribution < 1.29 is 13.2 Å². The number of alkyl halides is 3. The molecule has 1 fully saturated rings. The van der Waals surface area contributed by atoms with E-state index in [9.17, 15) is 13.2 Å². The molecule has 1 aliphatic rings. The molecular formula is C15H20F3N. The van der Waals surface area contributed by atoms with Crippen LogP contribution in [-0.4, -0.2) is 19.3 Å². The van der Waals surface area contributed by atoms with E-state index >= 15 is 0 Å². The van der Waals surface area contributed by atoms with Gasteiger partial charge in [0.15, 0.2) is 0 Å². The van der Waals surface area contributed by atoms with Crippen LogP contribution in [0.25, 0.3) is 0 Å². The van der Waals surface area contributed by atoms with Gasteiger partial charge < -0.3 is 5.32 Å². The summed E-state index contributed by atoms with van der Waals surface area (Å²) in [4.78, 5) is 0. The molecule has 1 aromatic rings. The van der Waals surface area contributed by atoms with Crippen LogP contribution in [0.5, 0.6) is 0 Å². The van der Waals surface area contributed by atoms with Gasteiger partial charge in [0, 0.05) is 17.9 Å². The van der Waals surface area contributed by atoms with E-state index in [4.69, 9.17) is 0 Å². The molecule has 0 heterocycles. The predicted octanol–water partition coefficient (Wildman–Crippen LogP) is 4.04. The molecule has 1 unspecified atom stereocenters. The van der Waals surface area contributed by atoms with Gasteiger partial charge in [0.25, 0.3) is 0 Å². The molecule has 0 radical (unpaired) electrons. The van der Waals surface area contributed by atoms with Crippen LogP contribution in [0.4, 0.5) is 13.2 Å². The number of halogens is 3. The summed E-state index contributed by atoms with van der Waals surface area (Å²) in [5.41, 5.74) is 1.06. The number of hydrogen-bond donors (Lipinski definition) is 1. The molecule has 1 nitrogen and oxygen atoms in total. The summed E-state index contributed by atoms with van der Waals surface area (Å²) >= 11 is 0. The smallest absolute Gasteiger partial charge is 0.316 e. The van der Waals surface area contributed by atoms with E-state index < -0.39 is 12.6 Å². The van der Waals surface area contributed by atoms with E-state index in [1.165, 1.54) is 5.56 Å². The van der Waals surface area contributed by atoms with Gasteiger partial charge in [-0.25, -0.2) is 0 Å². The summed E-state index contributed by atoms with van der Waals surface area (Å²) in [6.45, 7) is 0. The van der Waals surface area contributed by atoms with Gasteiger partial charge in [-0.15, -0.1) is 0 Å². The molecule has 2 rings (SSSR count). The monoisotopic (exact) mass is 271 g/mol. The van der Waals surface area contributed by atoms with Crippen LogP contribution in [0.15, 0.2) is 30.3 Å². The van der Waals surface area contributed by atoms with Crippen molar-refractivity contribution in [2.24, 2.45) is 0 Å². The second-order valence-corrected chi connectivity index (χ2v) is 5.37. The van der Waals surface area contributed by atoms with E-state index in [-0.39, 0.29) is 17.9 Å². The maximum absolute atomic E-state index is 12.4. The summed E-state index contributed by atoms with van der Waals surface area (Å²) in [6, 6.07) is 9.84. The maximum atomic E-state index is 12.4. The molecule has 0 aromatic heterocycles. The average molecular weight is 271 g/mol. The van der Waals surface area contributed by atoms with Crippen molar-refractivity contribution >= 4 is 0 Å². The van der Waals surface area contributed by atoms with Gasteiger partial charge in [0.2, 0.25) is 0 Å². The van der Waals surface area contributed by atoms with Crippen molar-refractivity contribution in [3.63, 3.8) is 0 Å². The maximum Gasteiger partial charge on any atom is 0.389 e. The van der Waals surface area contributed by atoms with Crippen LogP contribution in [0.3, 0.4) is 0 Å². The Balaban J connectivity index is 2.15. The topological polar surface area (TPSA) is 12.0 Å². The minimum absolute atomic E-state index is 0.106. The summed E-state index contributed by atoms with van der Waals surface area (Å²) in [7, 11) is 1.77. The van der Waals surface area contributed by atoms with Crippen molar-refractivity contribution in [2.75, 3.05) is 7.05 Å². The van der Waals surface area contributed by atoms with Gasteiger partial charge in [-0.05, 0) is 31.9 Å². The zero-order chi connectivity index (χ0) is 13.9. The second-order valence-electron chi connectivity index (χ2n) is 5.37. The van der Waals surface area contributed by atoms with Crippen molar-refractivity contribution in [3.8, 4) is 0 Å². The number of rotatable bonds is 5. The number of hydrogen-bond acceptors (Lipinski definition) is 1. The third-order valence-corrected chi connectivity index (χ3v) is 4.33. The Kier molecular flexibility index (Phi) is 4.19. The Morgan fingerprint density at radius 2 is 1.84 bits per heavy atom. The molecule has 1 aromatic carbocycles. The van der Waals surface area contributed by atoms with Crippen molar-refractivity contribution in [3.05, 3.63) is 35.9 Å². The van der Waals surface area contributed by atoms with Gasteiger partial charge in [-0.2, -0.15) is 13.2 Å². The molecule has 0 aliphatic heterocycles. The highest BCUT2D eigenvalue weighted by Gasteiger charge is 2.45. The first-order valence-electron chi connectivity index (χ1n) is 6.77. The molecule has 19 heavy (non-hydrogen) atoms. The van der Waals surface area contributed by atoms with Gasteiger partial charge >= 0.3 is 6.18 Å². The third-order valence-electron chi connectivity index (χ3n) is 4.33. The van der Waals surface area contributed by atoms with Crippen LogP contribution in [0.2, 0.25) is 0 Å². The Morgan fingerprint density at radius 3 is 2.26 bits per heavy atom. The van der Waals surface area contributed by atoms with E-state index in [1.54, 1.807) is 7.05 Å². The highest BCUT2D eigenvalue weighted by Crippen LogP contribution is 2.48. The standard InChI is InChI=1S/C15H20F3N/c1-19-13(8-11-15(16,17)18)14(9-5-10-14)12-6-3-2-4-7-12/h2-4,6-7,13,19H,5,8-11H2,1H3. The lowest BCUT2D eigenvalue weighted by Gasteiger charge is -2.48. The zero-order valence-corrected chi connectivity index (χ0v) is 11.1. The van der Waals surface area contributed by atoms with Gasteiger partial charge in [0.05, 0.1) is 0 Å². The first kappa shape index (κ1) is 14.4. The average Bonchev–Trinajstić information content (AvgIpc) is 2.32. The lowest BCUT2D eigenvalue weighted by molar-refractivity contribution is -0.138. The normalized spacial score (nSPS) is 19.8. The van der Waals surface area contributed by atoms with Crippen LogP contribution < -0.4 is 5.32 Å². The van der Waals surface area contributed by atoms with E-state index in [0.29, 0.717) is 0 Å². The van der Waals surface area contributed by atoms with Crippen LogP contribution in [0, 0.1) is 0 Å².